The third-order valence-electron chi connectivity index (χ3n) is 2.37. The number of benzene rings is 1. The van der Waals surface area contributed by atoms with E-state index in [1.54, 1.807) is 30.3 Å². The summed E-state index contributed by atoms with van der Waals surface area (Å²) in [6, 6.07) is 8.58. The molecule has 0 aliphatic heterocycles. The molecule has 1 aromatic heterocycles. The van der Waals surface area contributed by atoms with Crippen LogP contribution in [0.2, 0.25) is 5.15 Å². The Bertz CT molecular complexity index is 649. The lowest BCUT2D eigenvalue weighted by atomic mass is 10.1. The molecule has 0 aliphatic rings. The van der Waals surface area contributed by atoms with E-state index in [1.165, 1.54) is 6.20 Å². The fourth-order valence-corrected chi connectivity index (χ4v) is 1.78. The van der Waals surface area contributed by atoms with Gasteiger partial charge in [0.05, 0.1) is 11.5 Å². The fraction of sp³-hybridized carbons (Fsp3) is 0.0769. The molecule has 1 N–H and O–H groups in total. The Labute approximate surface area is 128 Å². The van der Waals surface area contributed by atoms with Gasteiger partial charge in [0.1, 0.15) is 5.15 Å². The molecule has 1 heterocycles. The van der Waals surface area contributed by atoms with Crippen molar-refractivity contribution in [2.24, 2.45) is 0 Å². The highest BCUT2D eigenvalue weighted by Gasteiger charge is 2.18. The first-order valence-electron chi connectivity index (χ1n) is 5.60. The largest absolute Gasteiger partial charge is 0.308 e. The molecular formula is C13H9BrClN3O2. The van der Waals surface area contributed by atoms with Crippen LogP contribution < -0.4 is 5.32 Å². The van der Waals surface area contributed by atoms with E-state index in [1.807, 2.05) is 0 Å². The van der Waals surface area contributed by atoms with Crippen LogP contribution in [0.1, 0.15) is 16.1 Å². The van der Waals surface area contributed by atoms with Crippen molar-refractivity contribution in [1.82, 2.24) is 9.97 Å². The lowest BCUT2D eigenvalue weighted by Crippen LogP contribution is -2.18. The minimum absolute atomic E-state index is 0.0120. The van der Waals surface area contributed by atoms with E-state index in [9.17, 15) is 9.59 Å². The van der Waals surface area contributed by atoms with Gasteiger partial charge < -0.3 is 5.32 Å². The Kier molecular flexibility index (Phi) is 4.81. The van der Waals surface area contributed by atoms with Gasteiger partial charge >= 0.3 is 0 Å². The van der Waals surface area contributed by atoms with Crippen molar-refractivity contribution in [3.63, 3.8) is 0 Å². The summed E-state index contributed by atoms with van der Waals surface area (Å²) in [6.45, 7) is 0. The Balaban J connectivity index is 2.41. The average molecular weight is 355 g/mol. The van der Waals surface area contributed by atoms with E-state index < -0.39 is 0 Å². The number of nitrogens with zero attached hydrogens (tertiary/aromatic N) is 2. The van der Waals surface area contributed by atoms with E-state index in [0.29, 0.717) is 5.56 Å². The standard InChI is InChI=1S/C13H9BrClN3O2/c14-6-10(19)18-13-11(17-9(15)7-16-13)12(20)8-4-2-1-3-5-8/h1-5,7H,6H2,(H,16,18,19). The smallest absolute Gasteiger partial charge is 0.236 e. The van der Waals surface area contributed by atoms with Gasteiger partial charge in [-0.3, -0.25) is 9.59 Å². The molecule has 0 saturated heterocycles. The number of hydrogen-bond acceptors (Lipinski definition) is 4. The molecule has 0 aliphatic carbocycles. The second-order valence-corrected chi connectivity index (χ2v) is 4.71. The van der Waals surface area contributed by atoms with Crippen LogP contribution in [0, 0.1) is 0 Å². The van der Waals surface area contributed by atoms with Gasteiger partial charge in [-0.15, -0.1) is 0 Å². The summed E-state index contributed by atoms with van der Waals surface area (Å²) >= 11 is 8.79. The zero-order chi connectivity index (χ0) is 14.5. The molecule has 20 heavy (non-hydrogen) atoms. The second kappa shape index (κ2) is 6.58. The predicted molar refractivity (Wildman–Crippen MR) is 79.3 cm³/mol. The molecule has 2 rings (SSSR count). The maximum Gasteiger partial charge on any atom is 0.236 e. The number of anilines is 1. The van der Waals surface area contributed by atoms with Crippen molar-refractivity contribution in [1.29, 1.82) is 0 Å². The fourth-order valence-electron chi connectivity index (χ4n) is 1.51. The van der Waals surface area contributed by atoms with Gasteiger partial charge in [-0.2, -0.15) is 0 Å². The number of aromatic nitrogens is 2. The van der Waals surface area contributed by atoms with Crippen molar-refractivity contribution in [3.8, 4) is 0 Å². The Hall–Kier alpha value is -1.79. The summed E-state index contributed by atoms with van der Waals surface area (Å²) in [5.74, 6) is -0.595. The van der Waals surface area contributed by atoms with Crippen LogP contribution in [0.3, 0.4) is 0 Å². The van der Waals surface area contributed by atoms with Gasteiger partial charge in [0.25, 0.3) is 0 Å². The van der Waals surface area contributed by atoms with E-state index in [4.69, 9.17) is 11.6 Å². The summed E-state index contributed by atoms with van der Waals surface area (Å²) in [6.07, 6.45) is 1.27. The number of nitrogens with one attached hydrogen (secondary N) is 1. The number of rotatable bonds is 4. The highest BCUT2D eigenvalue weighted by atomic mass is 79.9. The van der Waals surface area contributed by atoms with Crippen LogP contribution in [0.15, 0.2) is 36.5 Å². The summed E-state index contributed by atoms with van der Waals surface area (Å²) in [5, 5.41) is 2.68. The summed E-state index contributed by atoms with van der Waals surface area (Å²) in [4.78, 5) is 31.7. The molecule has 7 heteroatoms. The molecule has 0 fully saturated rings. The highest BCUT2D eigenvalue weighted by molar-refractivity contribution is 9.09. The molecular weight excluding hydrogens is 346 g/mol. The molecule has 0 bridgehead atoms. The minimum Gasteiger partial charge on any atom is -0.308 e. The Morgan fingerprint density at radius 1 is 1.25 bits per heavy atom. The normalized spacial score (nSPS) is 10.1. The number of halogens is 2. The molecule has 2 aromatic rings. The SMILES string of the molecule is O=C(CBr)Nc1ncc(Cl)nc1C(=O)c1ccccc1. The van der Waals surface area contributed by atoms with Gasteiger partial charge in [-0.1, -0.05) is 57.9 Å². The van der Waals surface area contributed by atoms with E-state index in [0.717, 1.165) is 0 Å². The maximum absolute atomic E-state index is 12.4. The van der Waals surface area contributed by atoms with Crippen LogP contribution in [-0.4, -0.2) is 27.0 Å². The highest BCUT2D eigenvalue weighted by Crippen LogP contribution is 2.17. The third-order valence-corrected chi connectivity index (χ3v) is 3.06. The first kappa shape index (κ1) is 14.6. The predicted octanol–water partition coefficient (Wildman–Crippen LogP) is 2.69. The van der Waals surface area contributed by atoms with Crippen LogP contribution in [-0.2, 0) is 4.79 Å². The van der Waals surface area contributed by atoms with Gasteiger partial charge in [-0.25, -0.2) is 9.97 Å². The number of carbonyl (C=O) groups is 2. The summed E-state index contributed by atoms with van der Waals surface area (Å²) in [5.41, 5.74) is 0.455. The first-order valence-corrected chi connectivity index (χ1v) is 7.10. The molecule has 0 atom stereocenters. The van der Waals surface area contributed by atoms with Gasteiger partial charge in [0, 0.05) is 5.56 Å². The third kappa shape index (κ3) is 3.40. The van der Waals surface area contributed by atoms with E-state index >= 15 is 0 Å². The number of ketones is 1. The molecule has 0 spiro atoms. The molecule has 0 radical (unpaired) electrons. The van der Waals surface area contributed by atoms with Crippen molar-refractivity contribution >= 4 is 45.0 Å². The van der Waals surface area contributed by atoms with Crippen LogP contribution in [0.4, 0.5) is 5.82 Å². The van der Waals surface area contributed by atoms with Crippen molar-refractivity contribution < 1.29 is 9.59 Å². The van der Waals surface area contributed by atoms with E-state index in [2.05, 4.69) is 31.2 Å². The van der Waals surface area contributed by atoms with Crippen molar-refractivity contribution in [2.45, 2.75) is 0 Å². The molecule has 102 valence electrons. The zero-order valence-electron chi connectivity index (χ0n) is 10.1. The van der Waals surface area contributed by atoms with Gasteiger partial charge in [0.2, 0.25) is 11.7 Å². The Morgan fingerprint density at radius 2 is 1.95 bits per heavy atom. The number of carbonyl (C=O) groups excluding carboxylic acids is 2. The summed E-state index contributed by atoms with van der Waals surface area (Å²) < 4.78 is 0. The number of hydrogen-bond donors (Lipinski definition) is 1. The molecule has 0 unspecified atom stereocenters. The van der Waals surface area contributed by atoms with Crippen LogP contribution in [0.5, 0.6) is 0 Å². The monoisotopic (exact) mass is 353 g/mol. The maximum atomic E-state index is 12.4. The number of amides is 1. The lowest BCUT2D eigenvalue weighted by Gasteiger charge is -2.08. The van der Waals surface area contributed by atoms with Crippen LogP contribution >= 0.6 is 27.5 Å². The zero-order valence-corrected chi connectivity index (χ0v) is 12.5. The summed E-state index contributed by atoms with van der Waals surface area (Å²) in [7, 11) is 0. The minimum atomic E-state index is -0.356. The molecule has 0 saturated carbocycles. The quantitative estimate of drug-likeness (QED) is 0.677. The van der Waals surface area contributed by atoms with E-state index in [-0.39, 0.29) is 33.7 Å². The van der Waals surface area contributed by atoms with Crippen molar-refractivity contribution in [3.05, 3.63) is 52.9 Å². The lowest BCUT2D eigenvalue weighted by molar-refractivity contribution is -0.113. The first-order chi connectivity index (χ1) is 9.61. The number of alkyl halides is 1. The van der Waals surface area contributed by atoms with Crippen LogP contribution in [0.25, 0.3) is 0 Å². The second-order valence-electron chi connectivity index (χ2n) is 3.77. The topological polar surface area (TPSA) is 72.0 Å². The molecule has 1 aromatic carbocycles. The average Bonchev–Trinajstić information content (AvgIpc) is 2.49. The Morgan fingerprint density at radius 3 is 2.60 bits per heavy atom. The molecule has 5 nitrogen and oxygen atoms in total. The molecule has 1 amide bonds. The van der Waals surface area contributed by atoms with Gasteiger partial charge in [-0.05, 0) is 0 Å². The van der Waals surface area contributed by atoms with Crippen molar-refractivity contribution in [2.75, 3.05) is 10.6 Å². The van der Waals surface area contributed by atoms with Gasteiger partial charge in [0.15, 0.2) is 11.5 Å².